The van der Waals surface area contributed by atoms with E-state index in [1.165, 1.54) is 0 Å². The highest BCUT2D eigenvalue weighted by atomic mass is 16.5. The van der Waals surface area contributed by atoms with Gasteiger partial charge in [-0.3, -0.25) is 9.59 Å². The fourth-order valence-electron chi connectivity index (χ4n) is 3.34. The van der Waals surface area contributed by atoms with Crippen LogP contribution in [0.25, 0.3) is 11.5 Å². The molecule has 7 heteroatoms. The Hall–Kier alpha value is -2.70. The number of carbonyl (C=O) groups excluding carboxylic acids is 2. The number of likely N-dealkylation sites (tertiary alicyclic amines) is 1. The van der Waals surface area contributed by atoms with Crippen molar-refractivity contribution < 1.29 is 14.1 Å². The first kappa shape index (κ1) is 17.7. The Bertz CT molecular complexity index is 879. The molecule has 1 aliphatic heterocycles. The Balaban J connectivity index is 1.53. The van der Waals surface area contributed by atoms with E-state index in [0.717, 1.165) is 12.8 Å². The van der Waals surface area contributed by atoms with Crippen LogP contribution >= 0.6 is 0 Å². The van der Waals surface area contributed by atoms with Gasteiger partial charge in [-0.1, -0.05) is 38.1 Å². The van der Waals surface area contributed by atoms with Gasteiger partial charge in [-0.2, -0.15) is 4.98 Å². The van der Waals surface area contributed by atoms with Crippen LogP contribution in [-0.4, -0.2) is 45.5 Å². The number of carbonyl (C=O) groups is 2. The van der Waals surface area contributed by atoms with Crippen LogP contribution in [0.3, 0.4) is 0 Å². The van der Waals surface area contributed by atoms with E-state index < -0.39 is 0 Å². The summed E-state index contributed by atoms with van der Waals surface area (Å²) in [5.41, 5.74) is 0.829. The molecule has 2 aliphatic rings. The third-order valence-electron chi connectivity index (χ3n) is 4.98. The van der Waals surface area contributed by atoms with Crippen molar-refractivity contribution in [3.05, 3.63) is 35.7 Å². The molecule has 1 N–H and O–H groups in total. The fourth-order valence-corrected chi connectivity index (χ4v) is 3.34. The lowest BCUT2D eigenvalue weighted by molar-refractivity contribution is -0.128. The molecule has 0 bridgehead atoms. The van der Waals surface area contributed by atoms with Crippen LogP contribution < -0.4 is 5.32 Å². The molecule has 1 aliphatic carbocycles. The summed E-state index contributed by atoms with van der Waals surface area (Å²) in [5, 5.41) is 7.04. The minimum absolute atomic E-state index is 0.128. The van der Waals surface area contributed by atoms with E-state index in [1.54, 1.807) is 18.2 Å². The Kier molecular flexibility index (Phi) is 4.25. The van der Waals surface area contributed by atoms with Gasteiger partial charge in [-0.05, 0) is 25.0 Å². The zero-order chi connectivity index (χ0) is 19.2. The van der Waals surface area contributed by atoms with E-state index in [2.05, 4.69) is 15.5 Å². The molecule has 2 amide bonds. The third kappa shape index (κ3) is 3.59. The van der Waals surface area contributed by atoms with E-state index in [9.17, 15) is 9.59 Å². The van der Waals surface area contributed by atoms with Crippen LogP contribution in [-0.2, 0) is 10.2 Å². The standard InChI is InChI=1S/C20H24N4O3/c1-20(2,3)19-22-18(27-23-19)15-7-5-4-6-14(15)17(26)21-12-10-16(25)24(11-12)13-8-9-13/h4-7,12-13H,8-11H2,1-3H3,(H,21,26). The van der Waals surface area contributed by atoms with Crippen LogP contribution in [0, 0.1) is 0 Å². The first-order chi connectivity index (χ1) is 12.8. The summed E-state index contributed by atoms with van der Waals surface area (Å²) < 4.78 is 5.41. The van der Waals surface area contributed by atoms with Crippen LogP contribution in [0.15, 0.2) is 28.8 Å². The fraction of sp³-hybridized carbons (Fsp3) is 0.500. The molecule has 1 saturated heterocycles. The van der Waals surface area contributed by atoms with Gasteiger partial charge in [-0.25, -0.2) is 0 Å². The van der Waals surface area contributed by atoms with Gasteiger partial charge in [0.1, 0.15) is 0 Å². The van der Waals surface area contributed by atoms with Crippen molar-refractivity contribution >= 4 is 11.8 Å². The Morgan fingerprint density at radius 2 is 2.00 bits per heavy atom. The van der Waals surface area contributed by atoms with Crippen molar-refractivity contribution in [2.75, 3.05) is 6.54 Å². The van der Waals surface area contributed by atoms with Gasteiger partial charge in [-0.15, -0.1) is 0 Å². The van der Waals surface area contributed by atoms with E-state index in [-0.39, 0.29) is 23.3 Å². The molecule has 0 radical (unpaired) electrons. The summed E-state index contributed by atoms with van der Waals surface area (Å²) in [6.07, 6.45) is 2.50. The maximum Gasteiger partial charge on any atom is 0.258 e. The predicted molar refractivity (Wildman–Crippen MR) is 99.0 cm³/mol. The number of amides is 2. The van der Waals surface area contributed by atoms with E-state index in [0.29, 0.717) is 41.8 Å². The van der Waals surface area contributed by atoms with Gasteiger partial charge in [0.15, 0.2) is 5.82 Å². The zero-order valence-corrected chi connectivity index (χ0v) is 15.9. The number of benzene rings is 1. The van der Waals surface area contributed by atoms with Gasteiger partial charge in [0.2, 0.25) is 5.91 Å². The lowest BCUT2D eigenvalue weighted by Gasteiger charge is -2.16. The molecular formula is C20H24N4O3. The Morgan fingerprint density at radius 1 is 1.26 bits per heavy atom. The highest BCUT2D eigenvalue weighted by Crippen LogP contribution is 2.31. The summed E-state index contributed by atoms with van der Waals surface area (Å²) in [6, 6.07) is 7.38. The summed E-state index contributed by atoms with van der Waals surface area (Å²) in [6.45, 7) is 6.60. The topological polar surface area (TPSA) is 88.3 Å². The molecule has 2 heterocycles. The lowest BCUT2D eigenvalue weighted by atomic mass is 9.96. The van der Waals surface area contributed by atoms with E-state index >= 15 is 0 Å². The van der Waals surface area contributed by atoms with Crippen LogP contribution in [0.5, 0.6) is 0 Å². The average Bonchev–Trinajstić information content (AvgIpc) is 3.20. The van der Waals surface area contributed by atoms with Gasteiger partial charge in [0.25, 0.3) is 11.8 Å². The first-order valence-corrected chi connectivity index (χ1v) is 9.37. The van der Waals surface area contributed by atoms with Crippen molar-refractivity contribution in [3.8, 4) is 11.5 Å². The third-order valence-corrected chi connectivity index (χ3v) is 4.98. The SMILES string of the molecule is CC(C)(C)c1noc(-c2ccccc2C(=O)NC2CC(=O)N(C3CC3)C2)n1. The molecule has 0 spiro atoms. The predicted octanol–water partition coefficient (Wildman–Crippen LogP) is 2.53. The highest BCUT2D eigenvalue weighted by molar-refractivity contribution is 6.00. The summed E-state index contributed by atoms with van der Waals surface area (Å²) in [4.78, 5) is 31.3. The minimum atomic E-state index is -0.241. The van der Waals surface area contributed by atoms with Crippen molar-refractivity contribution in [1.29, 1.82) is 0 Å². The maximum absolute atomic E-state index is 12.9. The summed E-state index contributed by atoms with van der Waals surface area (Å²) >= 11 is 0. The monoisotopic (exact) mass is 368 g/mol. The summed E-state index contributed by atoms with van der Waals surface area (Å²) in [7, 11) is 0. The Morgan fingerprint density at radius 3 is 2.67 bits per heavy atom. The molecule has 1 aromatic heterocycles. The molecule has 4 rings (SSSR count). The van der Waals surface area contributed by atoms with Gasteiger partial charge in [0, 0.05) is 24.4 Å². The largest absolute Gasteiger partial charge is 0.347 e. The van der Waals surface area contributed by atoms with Crippen molar-refractivity contribution in [2.45, 2.75) is 57.5 Å². The Labute approximate surface area is 158 Å². The van der Waals surface area contributed by atoms with E-state index in [1.807, 2.05) is 31.7 Å². The number of hydrogen-bond donors (Lipinski definition) is 1. The maximum atomic E-state index is 12.9. The molecule has 142 valence electrons. The molecule has 1 aromatic carbocycles. The van der Waals surface area contributed by atoms with Crippen LogP contribution in [0.1, 0.15) is 56.2 Å². The molecular weight excluding hydrogens is 344 g/mol. The minimum Gasteiger partial charge on any atom is -0.347 e. The smallest absolute Gasteiger partial charge is 0.258 e. The highest BCUT2D eigenvalue weighted by Gasteiger charge is 2.40. The molecule has 2 aromatic rings. The molecule has 1 atom stereocenters. The molecule has 1 saturated carbocycles. The van der Waals surface area contributed by atoms with E-state index in [4.69, 9.17) is 4.52 Å². The van der Waals surface area contributed by atoms with Gasteiger partial charge < -0.3 is 14.7 Å². The second kappa shape index (κ2) is 6.48. The quantitative estimate of drug-likeness (QED) is 0.896. The second-order valence-corrected chi connectivity index (χ2v) is 8.37. The second-order valence-electron chi connectivity index (χ2n) is 8.37. The van der Waals surface area contributed by atoms with Crippen LogP contribution in [0.2, 0.25) is 0 Å². The molecule has 27 heavy (non-hydrogen) atoms. The van der Waals surface area contributed by atoms with Crippen molar-refractivity contribution in [1.82, 2.24) is 20.4 Å². The number of rotatable bonds is 4. The number of aromatic nitrogens is 2. The number of nitrogens with zero attached hydrogens (tertiary/aromatic N) is 3. The zero-order valence-electron chi connectivity index (χ0n) is 15.9. The molecule has 1 unspecified atom stereocenters. The lowest BCUT2D eigenvalue weighted by Crippen LogP contribution is -2.37. The normalized spacial score (nSPS) is 20.2. The summed E-state index contributed by atoms with van der Waals surface area (Å²) in [5.74, 6) is 0.821. The van der Waals surface area contributed by atoms with Crippen molar-refractivity contribution in [3.63, 3.8) is 0 Å². The van der Waals surface area contributed by atoms with Crippen molar-refractivity contribution in [2.24, 2.45) is 0 Å². The van der Waals surface area contributed by atoms with Crippen LogP contribution in [0.4, 0.5) is 0 Å². The molecule has 2 fully saturated rings. The molecule has 7 nitrogen and oxygen atoms in total. The van der Waals surface area contributed by atoms with Gasteiger partial charge in [0.05, 0.1) is 17.2 Å². The first-order valence-electron chi connectivity index (χ1n) is 9.37. The number of nitrogens with one attached hydrogen (secondary N) is 1. The number of hydrogen-bond acceptors (Lipinski definition) is 5. The average molecular weight is 368 g/mol. The van der Waals surface area contributed by atoms with Gasteiger partial charge >= 0.3 is 0 Å².